The lowest BCUT2D eigenvalue weighted by Gasteiger charge is -2.25. The van der Waals surface area contributed by atoms with Crippen molar-refractivity contribution in [3.8, 4) is 11.5 Å². The molecule has 116 valence electrons. The number of primary amides is 1. The first-order valence-corrected chi connectivity index (χ1v) is 7.36. The first-order valence-electron chi connectivity index (χ1n) is 6.99. The highest BCUT2D eigenvalue weighted by Crippen LogP contribution is 2.38. The topological polar surface area (TPSA) is 73.6 Å². The molecular formula is C15H21ClN2O3. The van der Waals surface area contributed by atoms with Gasteiger partial charge in [-0.1, -0.05) is 11.6 Å². The fourth-order valence-corrected chi connectivity index (χ4v) is 2.51. The van der Waals surface area contributed by atoms with E-state index >= 15 is 0 Å². The van der Waals surface area contributed by atoms with Gasteiger partial charge in [0, 0.05) is 24.9 Å². The van der Waals surface area contributed by atoms with Gasteiger partial charge in [0.25, 0.3) is 0 Å². The number of carbonyl (C=O) groups excluding carboxylic acids is 1. The van der Waals surface area contributed by atoms with Crippen LogP contribution < -0.4 is 20.5 Å². The van der Waals surface area contributed by atoms with Crippen LogP contribution >= 0.6 is 11.6 Å². The third-order valence-corrected chi connectivity index (χ3v) is 3.53. The summed E-state index contributed by atoms with van der Waals surface area (Å²) in [5.41, 5.74) is 5.84. The van der Waals surface area contributed by atoms with Gasteiger partial charge in [0.1, 0.15) is 0 Å². The lowest BCUT2D eigenvalue weighted by molar-refractivity contribution is -0.119. The van der Waals surface area contributed by atoms with E-state index < -0.39 is 0 Å². The quantitative estimate of drug-likeness (QED) is 0.874. The monoisotopic (exact) mass is 312 g/mol. The SMILES string of the molecule is CC(C)(CC(N)=O)NCc1cc(Cl)c2c(c1)OCCCO2. The molecule has 0 saturated heterocycles. The van der Waals surface area contributed by atoms with Crippen molar-refractivity contribution in [1.29, 1.82) is 0 Å². The predicted octanol–water partition coefficient (Wildman–Crippen LogP) is 2.24. The van der Waals surface area contributed by atoms with Crippen LogP contribution in [0.4, 0.5) is 0 Å². The van der Waals surface area contributed by atoms with Crippen LogP contribution in [0.1, 0.15) is 32.3 Å². The normalized spacial score (nSPS) is 14.6. The summed E-state index contributed by atoms with van der Waals surface area (Å²) in [6.07, 6.45) is 1.11. The van der Waals surface area contributed by atoms with Gasteiger partial charge in [0.15, 0.2) is 11.5 Å². The standard InChI is InChI=1S/C15H21ClN2O3/c1-15(2,8-13(17)19)18-9-10-6-11(16)14-12(7-10)20-4-3-5-21-14/h6-7,18H,3-5,8-9H2,1-2H3,(H2,17,19). The van der Waals surface area contributed by atoms with Crippen molar-refractivity contribution in [2.45, 2.75) is 38.8 Å². The number of nitrogens with two attached hydrogens (primary N) is 1. The highest BCUT2D eigenvalue weighted by molar-refractivity contribution is 6.32. The third kappa shape index (κ3) is 4.51. The Morgan fingerprint density at radius 3 is 2.81 bits per heavy atom. The zero-order valence-corrected chi connectivity index (χ0v) is 13.1. The molecule has 0 unspecified atom stereocenters. The molecule has 1 aromatic carbocycles. The molecule has 0 saturated carbocycles. The van der Waals surface area contributed by atoms with Gasteiger partial charge in [0.2, 0.25) is 5.91 Å². The van der Waals surface area contributed by atoms with Crippen LogP contribution in [-0.4, -0.2) is 24.7 Å². The summed E-state index contributed by atoms with van der Waals surface area (Å²) < 4.78 is 11.2. The molecule has 21 heavy (non-hydrogen) atoms. The van der Waals surface area contributed by atoms with Crippen LogP contribution in [0.15, 0.2) is 12.1 Å². The summed E-state index contributed by atoms with van der Waals surface area (Å²) in [7, 11) is 0. The minimum absolute atomic E-state index is 0.269. The van der Waals surface area contributed by atoms with E-state index in [2.05, 4.69) is 5.32 Å². The number of fused-ring (bicyclic) bond motifs is 1. The molecule has 5 nitrogen and oxygen atoms in total. The van der Waals surface area contributed by atoms with Crippen molar-refractivity contribution in [2.24, 2.45) is 5.73 Å². The van der Waals surface area contributed by atoms with E-state index in [0.717, 1.165) is 12.0 Å². The second-order valence-electron chi connectivity index (χ2n) is 5.84. The van der Waals surface area contributed by atoms with Crippen LogP contribution in [0.25, 0.3) is 0 Å². The molecule has 0 radical (unpaired) electrons. The molecule has 0 fully saturated rings. The van der Waals surface area contributed by atoms with Gasteiger partial charge in [0.05, 0.1) is 18.2 Å². The number of rotatable bonds is 5. The van der Waals surface area contributed by atoms with Crippen molar-refractivity contribution >= 4 is 17.5 Å². The van der Waals surface area contributed by atoms with Gasteiger partial charge in [-0.2, -0.15) is 0 Å². The highest BCUT2D eigenvalue weighted by Gasteiger charge is 2.21. The van der Waals surface area contributed by atoms with Crippen molar-refractivity contribution in [1.82, 2.24) is 5.32 Å². The Morgan fingerprint density at radius 2 is 2.10 bits per heavy atom. The number of hydrogen-bond acceptors (Lipinski definition) is 4. The number of hydrogen-bond donors (Lipinski definition) is 2. The maximum atomic E-state index is 11.0. The minimum atomic E-state index is -0.373. The lowest BCUT2D eigenvalue weighted by atomic mass is 10.00. The molecule has 1 heterocycles. The third-order valence-electron chi connectivity index (χ3n) is 3.25. The summed E-state index contributed by atoms with van der Waals surface area (Å²) in [6, 6.07) is 3.77. The van der Waals surface area contributed by atoms with Crippen LogP contribution in [-0.2, 0) is 11.3 Å². The number of ether oxygens (including phenoxy) is 2. The van der Waals surface area contributed by atoms with Crippen molar-refractivity contribution in [3.63, 3.8) is 0 Å². The summed E-state index contributed by atoms with van der Waals surface area (Å²) in [5, 5.41) is 3.84. The van der Waals surface area contributed by atoms with Gasteiger partial charge in [-0.05, 0) is 31.5 Å². The van der Waals surface area contributed by atoms with Gasteiger partial charge < -0.3 is 20.5 Å². The van der Waals surface area contributed by atoms with E-state index in [1.807, 2.05) is 26.0 Å². The van der Waals surface area contributed by atoms with Gasteiger partial charge >= 0.3 is 0 Å². The molecule has 1 aliphatic rings. The predicted molar refractivity (Wildman–Crippen MR) is 81.8 cm³/mol. The Bertz CT molecular complexity index is 532. The Morgan fingerprint density at radius 1 is 1.38 bits per heavy atom. The molecule has 1 amide bonds. The van der Waals surface area contributed by atoms with E-state index in [1.165, 1.54) is 0 Å². The largest absolute Gasteiger partial charge is 0.489 e. The van der Waals surface area contributed by atoms with Crippen molar-refractivity contribution < 1.29 is 14.3 Å². The second-order valence-corrected chi connectivity index (χ2v) is 6.24. The fourth-order valence-electron chi connectivity index (χ4n) is 2.23. The van der Waals surface area contributed by atoms with Crippen molar-refractivity contribution in [3.05, 3.63) is 22.7 Å². The van der Waals surface area contributed by atoms with Crippen LogP contribution in [0.5, 0.6) is 11.5 Å². The molecule has 2 rings (SSSR count). The maximum Gasteiger partial charge on any atom is 0.219 e. The molecule has 6 heteroatoms. The van der Waals surface area contributed by atoms with Crippen LogP contribution in [0.3, 0.4) is 0 Å². The van der Waals surface area contributed by atoms with E-state index in [1.54, 1.807) is 0 Å². The second kappa shape index (κ2) is 6.54. The van der Waals surface area contributed by atoms with Crippen LogP contribution in [0.2, 0.25) is 5.02 Å². The van der Waals surface area contributed by atoms with Gasteiger partial charge in [-0.15, -0.1) is 0 Å². The van der Waals surface area contributed by atoms with E-state index in [0.29, 0.717) is 36.3 Å². The fraction of sp³-hybridized carbons (Fsp3) is 0.533. The molecule has 0 aliphatic carbocycles. The average Bonchev–Trinajstić information content (AvgIpc) is 2.60. The molecular weight excluding hydrogens is 292 g/mol. The van der Waals surface area contributed by atoms with Gasteiger partial charge in [-0.25, -0.2) is 0 Å². The molecule has 0 atom stereocenters. The van der Waals surface area contributed by atoms with E-state index in [9.17, 15) is 4.79 Å². The zero-order valence-electron chi connectivity index (χ0n) is 12.4. The maximum absolute atomic E-state index is 11.0. The minimum Gasteiger partial charge on any atom is -0.489 e. The average molecular weight is 313 g/mol. The smallest absolute Gasteiger partial charge is 0.219 e. The number of carbonyl (C=O) groups is 1. The van der Waals surface area contributed by atoms with E-state index in [4.69, 9.17) is 26.8 Å². The molecule has 0 spiro atoms. The Kier molecular flexibility index (Phi) is 4.96. The van der Waals surface area contributed by atoms with E-state index in [-0.39, 0.29) is 17.9 Å². The van der Waals surface area contributed by atoms with Crippen LogP contribution in [0, 0.1) is 0 Å². The lowest BCUT2D eigenvalue weighted by Crippen LogP contribution is -2.42. The first-order chi connectivity index (χ1) is 9.87. The Hall–Kier alpha value is -1.46. The number of halogens is 1. The molecule has 3 N–H and O–H groups in total. The highest BCUT2D eigenvalue weighted by atomic mass is 35.5. The summed E-state index contributed by atoms with van der Waals surface area (Å²) >= 11 is 6.25. The zero-order chi connectivity index (χ0) is 15.5. The summed E-state index contributed by atoms with van der Waals surface area (Å²) in [5.74, 6) is 0.947. The molecule has 0 bridgehead atoms. The van der Waals surface area contributed by atoms with Gasteiger partial charge in [-0.3, -0.25) is 4.79 Å². The number of nitrogens with one attached hydrogen (secondary N) is 1. The summed E-state index contributed by atoms with van der Waals surface area (Å²) in [4.78, 5) is 11.0. The molecule has 1 aromatic rings. The Labute approximate surface area is 129 Å². The van der Waals surface area contributed by atoms with Crippen molar-refractivity contribution in [2.75, 3.05) is 13.2 Å². The molecule has 0 aromatic heterocycles. The molecule has 1 aliphatic heterocycles. The number of amides is 1. The number of benzene rings is 1. The summed E-state index contributed by atoms with van der Waals surface area (Å²) in [6.45, 7) is 5.66. The first kappa shape index (κ1) is 15.9. The Balaban J connectivity index is 2.09.